The van der Waals surface area contributed by atoms with Gasteiger partial charge >= 0.3 is 0 Å². The van der Waals surface area contributed by atoms with E-state index in [-0.39, 0.29) is 17.7 Å². The molecule has 9 nitrogen and oxygen atoms in total. The second-order valence-electron chi connectivity index (χ2n) is 10.8. The van der Waals surface area contributed by atoms with Crippen molar-refractivity contribution in [3.63, 3.8) is 0 Å². The van der Waals surface area contributed by atoms with E-state index in [1.165, 1.54) is 0 Å². The summed E-state index contributed by atoms with van der Waals surface area (Å²) in [6.07, 6.45) is 12.3. The van der Waals surface area contributed by atoms with Crippen LogP contribution < -0.4 is 16.0 Å². The lowest BCUT2D eigenvalue weighted by Crippen LogP contribution is -2.44. The number of likely N-dealkylation sites (tertiary alicyclic amines) is 1. The molecule has 42 heavy (non-hydrogen) atoms. The highest BCUT2D eigenvalue weighted by Gasteiger charge is 2.27. The van der Waals surface area contributed by atoms with Gasteiger partial charge in [0, 0.05) is 66.8 Å². The molecule has 1 saturated heterocycles. The van der Waals surface area contributed by atoms with Gasteiger partial charge in [0.15, 0.2) is 0 Å². The molecule has 0 saturated carbocycles. The number of aromatic nitrogens is 1. The minimum atomic E-state index is -0.278. The third kappa shape index (κ3) is 8.81. The predicted octanol–water partition coefficient (Wildman–Crippen LogP) is 4.53. The number of H-pyrrole nitrogens is 1. The monoisotopic (exact) mass is 571 g/mol. The average Bonchev–Trinajstić information content (AvgIpc) is 3.41. The first-order chi connectivity index (χ1) is 20.2. The summed E-state index contributed by atoms with van der Waals surface area (Å²) in [6.45, 7) is 11.6. The van der Waals surface area contributed by atoms with Gasteiger partial charge in [-0.3, -0.25) is 9.59 Å². The number of rotatable bonds is 10. The molecule has 0 aliphatic carbocycles. The SMILES string of the molecule is C=C/C(=C\C(=C/C)NC(=O)[C@@H]1CCCN(C(=O)/C=C/CN(C)C)C1)N/C(=N/C(=C(C)C)c1c[nH]c2ccccc12)NC. The van der Waals surface area contributed by atoms with Crippen molar-refractivity contribution in [3.8, 4) is 0 Å². The molecule has 0 radical (unpaired) electrons. The van der Waals surface area contributed by atoms with E-state index >= 15 is 0 Å². The van der Waals surface area contributed by atoms with Crippen molar-refractivity contribution in [1.29, 1.82) is 0 Å². The molecule has 1 atom stereocenters. The number of nitrogens with zero attached hydrogens (tertiary/aromatic N) is 3. The van der Waals surface area contributed by atoms with Gasteiger partial charge in [-0.15, -0.1) is 0 Å². The molecule has 1 aromatic heterocycles. The van der Waals surface area contributed by atoms with Crippen molar-refractivity contribution in [2.75, 3.05) is 40.8 Å². The van der Waals surface area contributed by atoms with Crippen molar-refractivity contribution in [1.82, 2.24) is 30.7 Å². The van der Waals surface area contributed by atoms with Crippen molar-refractivity contribution in [2.45, 2.75) is 33.6 Å². The first-order valence-corrected chi connectivity index (χ1v) is 14.4. The Morgan fingerprint density at radius 2 is 1.95 bits per heavy atom. The molecule has 1 aliphatic rings. The molecule has 1 aromatic carbocycles. The number of benzene rings is 1. The summed E-state index contributed by atoms with van der Waals surface area (Å²) in [6, 6.07) is 8.13. The fourth-order valence-electron chi connectivity index (χ4n) is 4.71. The Morgan fingerprint density at radius 3 is 2.62 bits per heavy atom. The zero-order valence-electron chi connectivity index (χ0n) is 25.8. The first kappa shape index (κ1) is 32.1. The fourth-order valence-corrected chi connectivity index (χ4v) is 4.71. The zero-order chi connectivity index (χ0) is 30.6. The number of likely N-dealkylation sites (N-methyl/N-ethyl adjacent to an activating group) is 1. The molecule has 2 amide bonds. The van der Waals surface area contributed by atoms with Crippen LogP contribution in [0.1, 0.15) is 39.2 Å². The summed E-state index contributed by atoms with van der Waals surface area (Å²) in [5.41, 5.74) is 5.26. The lowest BCUT2D eigenvalue weighted by molar-refractivity contribution is -0.131. The quantitative estimate of drug-likeness (QED) is 0.145. The van der Waals surface area contributed by atoms with Crippen LogP contribution in [0.2, 0.25) is 0 Å². The van der Waals surface area contributed by atoms with Crippen molar-refractivity contribution in [2.24, 2.45) is 10.9 Å². The molecule has 4 N–H and O–H groups in total. The minimum absolute atomic E-state index is 0.0547. The largest absolute Gasteiger partial charge is 0.360 e. The summed E-state index contributed by atoms with van der Waals surface area (Å²) >= 11 is 0. The molecular weight excluding hydrogens is 526 g/mol. The third-order valence-corrected chi connectivity index (χ3v) is 6.99. The van der Waals surface area contributed by atoms with Crippen LogP contribution in [0.4, 0.5) is 0 Å². The fraction of sp³-hybridized carbons (Fsp3) is 0.364. The molecule has 1 aliphatic heterocycles. The maximum atomic E-state index is 13.2. The number of aromatic amines is 1. The molecule has 0 spiro atoms. The number of para-hydroxylation sites is 1. The van der Waals surface area contributed by atoms with Gasteiger partial charge in [0.25, 0.3) is 0 Å². The summed E-state index contributed by atoms with van der Waals surface area (Å²) in [4.78, 5) is 37.8. The number of nitrogens with one attached hydrogen (secondary N) is 4. The predicted molar refractivity (Wildman–Crippen MR) is 173 cm³/mol. The molecule has 2 aromatic rings. The Kier molecular flexibility index (Phi) is 11.9. The number of hydrogen-bond acceptors (Lipinski definition) is 4. The number of piperidine rings is 1. The number of carbonyl (C=O) groups is 2. The summed E-state index contributed by atoms with van der Waals surface area (Å²) < 4.78 is 0. The lowest BCUT2D eigenvalue weighted by Gasteiger charge is -2.31. The molecule has 3 rings (SSSR count). The number of hydrogen-bond donors (Lipinski definition) is 4. The smallest absolute Gasteiger partial charge is 0.246 e. The van der Waals surface area contributed by atoms with Crippen LogP contribution in [-0.2, 0) is 9.59 Å². The van der Waals surface area contributed by atoms with Gasteiger partial charge in [-0.1, -0.05) is 36.9 Å². The highest BCUT2D eigenvalue weighted by atomic mass is 16.2. The lowest BCUT2D eigenvalue weighted by atomic mass is 9.97. The van der Waals surface area contributed by atoms with E-state index in [1.54, 1.807) is 24.1 Å². The van der Waals surface area contributed by atoms with Crippen LogP contribution in [0.15, 0.2) is 89.4 Å². The Labute approximate surface area is 249 Å². The van der Waals surface area contributed by atoms with Gasteiger partial charge < -0.3 is 30.7 Å². The summed E-state index contributed by atoms with van der Waals surface area (Å²) in [5, 5.41) is 10.6. The highest BCUT2D eigenvalue weighted by Crippen LogP contribution is 2.28. The number of guanidine groups is 1. The molecule has 2 heterocycles. The van der Waals surface area contributed by atoms with E-state index in [4.69, 9.17) is 4.99 Å². The van der Waals surface area contributed by atoms with Crippen LogP contribution in [0.25, 0.3) is 16.6 Å². The second kappa shape index (κ2) is 15.6. The normalized spacial score (nSPS) is 16.6. The molecule has 0 bridgehead atoms. The molecule has 9 heteroatoms. The number of amides is 2. The molecule has 224 valence electrons. The molecule has 0 unspecified atom stereocenters. The van der Waals surface area contributed by atoms with Crippen LogP contribution in [-0.4, -0.2) is 73.3 Å². The van der Waals surface area contributed by atoms with Gasteiger partial charge in [0.05, 0.1) is 11.6 Å². The maximum absolute atomic E-state index is 13.2. The van der Waals surface area contributed by atoms with Gasteiger partial charge in [-0.2, -0.15) is 0 Å². The van der Waals surface area contributed by atoms with Crippen molar-refractivity contribution in [3.05, 3.63) is 90.0 Å². The Hall–Kier alpha value is -4.37. The van der Waals surface area contributed by atoms with Crippen LogP contribution >= 0.6 is 0 Å². The van der Waals surface area contributed by atoms with Gasteiger partial charge in [0.2, 0.25) is 17.8 Å². The Bertz CT molecular complexity index is 1420. The van der Waals surface area contributed by atoms with Crippen molar-refractivity contribution >= 4 is 34.4 Å². The minimum Gasteiger partial charge on any atom is -0.360 e. The number of fused-ring (bicyclic) bond motifs is 1. The van der Waals surface area contributed by atoms with E-state index in [0.717, 1.165) is 40.6 Å². The van der Waals surface area contributed by atoms with Crippen LogP contribution in [0, 0.1) is 5.92 Å². The summed E-state index contributed by atoms with van der Waals surface area (Å²) in [5.74, 6) is 0.0968. The average molecular weight is 572 g/mol. The second-order valence-corrected chi connectivity index (χ2v) is 10.8. The van der Waals surface area contributed by atoms with E-state index in [0.29, 0.717) is 37.0 Å². The maximum Gasteiger partial charge on any atom is 0.246 e. The summed E-state index contributed by atoms with van der Waals surface area (Å²) in [7, 11) is 5.71. The topological polar surface area (TPSA) is 105 Å². The number of aliphatic imine (C=N–C) groups is 1. The van der Waals surface area contributed by atoms with E-state index in [1.807, 2.05) is 82.4 Å². The van der Waals surface area contributed by atoms with Crippen molar-refractivity contribution < 1.29 is 9.59 Å². The first-order valence-electron chi connectivity index (χ1n) is 14.4. The van der Waals surface area contributed by atoms with Gasteiger partial charge in [-0.25, -0.2) is 4.99 Å². The number of carbonyl (C=O) groups excluding carboxylic acids is 2. The van der Waals surface area contributed by atoms with Gasteiger partial charge in [-0.05, 0) is 71.5 Å². The third-order valence-electron chi connectivity index (χ3n) is 6.99. The molecular formula is C33H45N7O2. The zero-order valence-corrected chi connectivity index (χ0v) is 25.8. The Balaban J connectivity index is 1.72. The van der Waals surface area contributed by atoms with Crippen LogP contribution in [0.3, 0.4) is 0 Å². The van der Waals surface area contributed by atoms with E-state index in [9.17, 15) is 9.59 Å². The van der Waals surface area contributed by atoms with E-state index in [2.05, 4.69) is 33.6 Å². The van der Waals surface area contributed by atoms with E-state index < -0.39 is 0 Å². The number of allylic oxidation sites excluding steroid dienone is 4. The Morgan fingerprint density at radius 1 is 1.19 bits per heavy atom. The highest BCUT2D eigenvalue weighted by molar-refractivity contribution is 5.96. The van der Waals surface area contributed by atoms with Crippen LogP contribution in [0.5, 0.6) is 0 Å². The van der Waals surface area contributed by atoms with Gasteiger partial charge in [0.1, 0.15) is 0 Å². The molecule has 1 fully saturated rings. The standard InChI is InChI=1S/C33H45N7O2/c1-8-25(36-32(42)24-14-12-19-40(22-24)30(41)17-13-18-39(6)7)20-26(9-2)37-33(34-5)38-31(23(3)4)28-21-35-29-16-11-10-15-27(28)29/h8-11,13,15-17,20-21,24,35H,2,12,14,18-19,22H2,1,3-7H3,(H,36,42)(H2,34,37,38)/b17-13+,25-8+,26-20+/t24-/m1/s1.